The van der Waals surface area contributed by atoms with Crippen molar-refractivity contribution in [1.82, 2.24) is 4.98 Å². The Hall–Kier alpha value is -3.62. The van der Waals surface area contributed by atoms with E-state index in [0.29, 0.717) is 38.2 Å². The van der Waals surface area contributed by atoms with Crippen molar-refractivity contribution in [3.05, 3.63) is 56.2 Å². The molecule has 1 aliphatic rings. The smallest absolute Gasteiger partial charge is 0.343 e. The van der Waals surface area contributed by atoms with E-state index in [1.165, 1.54) is 7.11 Å². The van der Waals surface area contributed by atoms with Crippen LogP contribution < -0.4 is 10.5 Å². The SMILES string of the molecule is COC(=O)COc1c(Br)cccc1/C=C1\C(C)=C(C#N)c2nc(N)c(C#N)c(C)c21. The van der Waals surface area contributed by atoms with Crippen LogP contribution in [0.25, 0.3) is 17.2 Å². The highest BCUT2D eigenvalue weighted by molar-refractivity contribution is 9.10. The number of nitrogens with zero attached hydrogens (tertiary/aromatic N) is 3. The third kappa shape index (κ3) is 3.54. The molecule has 0 amide bonds. The first-order valence-corrected chi connectivity index (χ1v) is 9.65. The third-order valence-corrected chi connectivity index (χ3v) is 5.47. The zero-order valence-corrected chi connectivity index (χ0v) is 18.1. The lowest BCUT2D eigenvalue weighted by Crippen LogP contribution is -2.13. The average molecular weight is 465 g/mol. The second kappa shape index (κ2) is 8.40. The normalized spacial score (nSPS) is 13.6. The zero-order valence-electron chi connectivity index (χ0n) is 16.5. The summed E-state index contributed by atoms with van der Waals surface area (Å²) in [5.74, 6) is 0.0458. The van der Waals surface area contributed by atoms with Gasteiger partial charge in [-0.25, -0.2) is 9.78 Å². The summed E-state index contributed by atoms with van der Waals surface area (Å²) in [7, 11) is 1.29. The van der Waals surface area contributed by atoms with E-state index in [-0.39, 0.29) is 18.0 Å². The number of hydrogen-bond acceptors (Lipinski definition) is 7. The van der Waals surface area contributed by atoms with Gasteiger partial charge in [0, 0.05) is 11.1 Å². The van der Waals surface area contributed by atoms with Crippen LogP contribution in [0.15, 0.2) is 28.2 Å². The average Bonchev–Trinajstić information content (AvgIpc) is 2.98. The molecule has 2 N–H and O–H groups in total. The molecule has 8 heteroatoms. The molecule has 1 heterocycles. The Morgan fingerprint density at radius 2 is 2.03 bits per heavy atom. The number of carbonyl (C=O) groups is 1. The van der Waals surface area contributed by atoms with Gasteiger partial charge in [-0.3, -0.25) is 0 Å². The lowest BCUT2D eigenvalue weighted by molar-refractivity contribution is -0.142. The molecule has 0 spiro atoms. The van der Waals surface area contributed by atoms with Crippen molar-refractivity contribution in [2.75, 3.05) is 19.5 Å². The van der Waals surface area contributed by atoms with Crippen LogP contribution in [0.1, 0.15) is 34.9 Å². The van der Waals surface area contributed by atoms with Crippen molar-refractivity contribution in [2.45, 2.75) is 13.8 Å². The molecule has 0 radical (unpaired) electrons. The Bertz CT molecular complexity index is 1220. The van der Waals surface area contributed by atoms with Gasteiger partial charge >= 0.3 is 5.97 Å². The molecule has 2 aromatic rings. The van der Waals surface area contributed by atoms with Crippen molar-refractivity contribution in [3.8, 4) is 17.9 Å². The number of ether oxygens (including phenoxy) is 2. The number of fused-ring (bicyclic) bond motifs is 1. The lowest BCUT2D eigenvalue weighted by Gasteiger charge is -2.13. The first-order valence-electron chi connectivity index (χ1n) is 8.86. The fourth-order valence-corrected chi connectivity index (χ4v) is 3.83. The minimum absolute atomic E-state index is 0.0973. The second-order valence-corrected chi connectivity index (χ2v) is 7.38. The number of rotatable bonds is 4. The fraction of sp³-hybridized carbons (Fsp3) is 0.182. The molecule has 0 saturated carbocycles. The van der Waals surface area contributed by atoms with Crippen LogP contribution in [0.4, 0.5) is 5.82 Å². The quantitative estimate of drug-likeness (QED) is 0.677. The van der Waals surface area contributed by atoms with Gasteiger partial charge in [-0.05, 0) is 58.6 Å². The fourth-order valence-electron chi connectivity index (χ4n) is 3.33. The van der Waals surface area contributed by atoms with Gasteiger partial charge in [0.2, 0.25) is 0 Å². The maximum absolute atomic E-state index is 11.5. The Morgan fingerprint density at radius 1 is 1.30 bits per heavy atom. The number of carbonyl (C=O) groups excluding carboxylic acids is 1. The summed E-state index contributed by atoms with van der Waals surface area (Å²) in [6.45, 7) is 3.35. The largest absolute Gasteiger partial charge is 0.480 e. The molecule has 7 nitrogen and oxygen atoms in total. The third-order valence-electron chi connectivity index (χ3n) is 4.84. The monoisotopic (exact) mass is 464 g/mol. The molecular formula is C22H17BrN4O3. The summed E-state index contributed by atoms with van der Waals surface area (Å²) in [5.41, 5.74) is 10.6. The Kier molecular flexibility index (Phi) is 5.91. The number of nitrogen functional groups attached to an aromatic ring is 1. The Balaban J connectivity index is 2.23. The second-order valence-electron chi connectivity index (χ2n) is 6.53. The van der Waals surface area contributed by atoms with Crippen molar-refractivity contribution < 1.29 is 14.3 Å². The number of esters is 1. The molecule has 0 fully saturated rings. The van der Waals surface area contributed by atoms with E-state index < -0.39 is 5.97 Å². The number of nitrogens with two attached hydrogens (primary N) is 1. The molecule has 0 saturated heterocycles. The topological polar surface area (TPSA) is 122 Å². The van der Waals surface area contributed by atoms with Crippen LogP contribution in [0.2, 0.25) is 0 Å². The molecule has 3 rings (SSSR count). The minimum Gasteiger partial charge on any atom is -0.480 e. The van der Waals surface area contributed by atoms with Crippen molar-refractivity contribution >= 4 is 44.9 Å². The molecule has 0 bridgehead atoms. The highest BCUT2D eigenvalue weighted by Gasteiger charge is 2.30. The van der Waals surface area contributed by atoms with Gasteiger partial charge in [0.15, 0.2) is 6.61 Å². The number of allylic oxidation sites excluding steroid dienone is 3. The molecule has 1 aliphatic carbocycles. The maximum Gasteiger partial charge on any atom is 0.343 e. The van der Waals surface area contributed by atoms with Crippen LogP contribution in [0.5, 0.6) is 5.75 Å². The zero-order chi connectivity index (χ0) is 22.0. The van der Waals surface area contributed by atoms with Gasteiger partial charge in [0.1, 0.15) is 23.7 Å². The highest BCUT2D eigenvalue weighted by atomic mass is 79.9. The standard InChI is InChI=1S/C22H17BrN4O3/c1-11-14(7-13-5-4-6-17(23)21(13)30-10-18(28)29-3)19-12(2)16(9-25)22(26)27-20(19)15(11)8-24/h4-7H,10H2,1-3H3,(H2,26,27)/b14-7+. The number of aromatic nitrogens is 1. The van der Waals surface area contributed by atoms with Gasteiger partial charge in [-0.2, -0.15) is 10.5 Å². The molecule has 1 aromatic heterocycles. The van der Waals surface area contributed by atoms with E-state index in [1.807, 2.05) is 25.1 Å². The lowest BCUT2D eigenvalue weighted by atomic mass is 9.95. The Labute approximate surface area is 182 Å². The number of methoxy groups -OCH3 is 1. The van der Waals surface area contributed by atoms with Gasteiger partial charge in [-0.15, -0.1) is 0 Å². The van der Waals surface area contributed by atoms with E-state index in [4.69, 9.17) is 10.5 Å². The van der Waals surface area contributed by atoms with E-state index in [1.54, 1.807) is 13.0 Å². The number of benzene rings is 1. The number of nitriles is 2. The van der Waals surface area contributed by atoms with Crippen LogP contribution in [-0.4, -0.2) is 24.7 Å². The van der Waals surface area contributed by atoms with Gasteiger partial charge in [0.25, 0.3) is 0 Å². The molecule has 30 heavy (non-hydrogen) atoms. The maximum atomic E-state index is 11.5. The molecule has 150 valence electrons. The molecule has 0 aliphatic heterocycles. The number of anilines is 1. The van der Waals surface area contributed by atoms with Crippen LogP contribution in [-0.2, 0) is 9.53 Å². The summed E-state index contributed by atoms with van der Waals surface area (Å²) in [6, 6.07) is 9.72. The summed E-state index contributed by atoms with van der Waals surface area (Å²) in [4.78, 5) is 15.8. The molecule has 1 aromatic carbocycles. The minimum atomic E-state index is -0.507. The molecule has 0 atom stereocenters. The first kappa shape index (κ1) is 21.1. The number of pyridine rings is 1. The van der Waals surface area contributed by atoms with E-state index in [2.05, 4.69) is 37.8 Å². The molecule has 0 unspecified atom stereocenters. The van der Waals surface area contributed by atoms with E-state index in [0.717, 1.165) is 11.1 Å². The summed E-state index contributed by atoms with van der Waals surface area (Å²) in [5, 5.41) is 19.2. The van der Waals surface area contributed by atoms with Gasteiger partial charge in [-0.1, -0.05) is 12.1 Å². The van der Waals surface area contributed by atoms with Gasteiger partial charge < -0.3 is 15.2 Å². The van der Waals surface area contributed by atoms with E-state index in [9.17, 15) is 15.3 Å². The number of halogens is 1. The van der Waals surface area contributed by atoms with Crippen LogP contribution in [0, 0.1) is 29.6 Å². The van der Waals surface area contributed by atoms with Crippen molar-refractivity contribution in [2.24, 2.45) is 0 Å². The highest BCUT2D eigenvalue weighted by Crippen LogP contribution is 2.45. The number of hydrogen-bond donors (Lipinski definition) is 1. The predicted molar refractivity (Wildman–Crippen MR) is 116 cm³/mol. The summed E-state index contributed by atoms with van der Waals surface area (Å²) < 4.78 is 11.0. The van der Waals surface area contributed by atoms with Crippen LogP contribution >= 0.6 is 15.9 Å². The van der Waals surface area contributed by atoms with Crippen LogP contribution in [0.3, 0.4) is 0 Å². The number of para-hydroxylation sites is 1. The van der Waals surface area contributed by atoms with Crippen molar-refractivity contribution in [3.63, 3.8) is 0 Å². The van der Waals surface area contributed by atoms with E-state index >= 15 is 0 Å². The van der Waals surface area contributed by atoms with Crippen molar-refractivity contribution in [1.29, 1.82) is 10.5 Å². The first-order chi connectivity index (χ1) is 14.3. The summed E-state index contributed by atoms with van der Waals surface area (Å²) >= 11 is 3.45. The summed E-state index contributed by atoms with van der Waals surface area (Å²) in [6.07, 6.45) is 1.85. The molecular weight excluding hydrogens is 448 g/mol. The predicted octanol–water partition coefficient (Wildman–Crippen LogP) is 4.01. The van der Waals surface area contributed by atoms with Gasteiger partial charge in [0.05, 0.1) is 28.4 Å². The Morgan fingerprint density at radius 3 is 2.67 bits per heavy atom.